The van der Waals surface area contributed by atoms with Crippen LogP contribution in [0.4, 0.5) is 0 Å². The normalized spacial score (nSPS) is 20.6. The van der Waals surface area contributed by atoms with Gasteiger partial charge in [-0.1, -0.05) is 29.8 Å². The van der Waals surface area contributed by atoms with Gasteiger partial charge in [0.05, 0.1) is 0 Å². The van der Waals surface area contributed by atoms with Gasteiger partial charge in [0.25, 0.3) is 0 Å². The predicted molar refractivity (Wildman–Crippen MR) is 66.4 cm³/mol. The number of aryl methyl sites for hydroxylation is 3. The lowest BCUT2D eigenvalue weighted by Crippen LogP contribution is -2.04. The molecule has 0 heteroatoms. The highest BCUT2D eigenvalue weighted by Gasteiger charge is 2.15. The van der Waals surface area contributed by atoms with Crippen LogP contribution in [0.5, 0.6) is 0 Å². The van der Waals surface area contributed by atoms with E-state index in [-0.39, 0.29) is 0 Å². The van der Waals surface area contributed by atoms with Crippen molar-refractivity contribution in [1.82, 2.24) is 0 Å². The Morgan fingerprint density at radius 3 is 2.27 bits per heavy atom. The van der Waals surface area contributed by atoms with Gasteiger partial charge in [-0.3, -0.25) is 0 Å². The van der Waals surface area contributed by atoms with Crippen LogP contribution >= 0.6 is 0 Å². The number of hydrogen-bond donors (Lipinski definition) is 0. The molecule has 1 unspecified atom stereocenters. The van der Waals surface area contributed by atoms with Gasteiger partial charge in [-0.05, 0) is 56.7 Å². The molecule has 80 valence electrons. The summed E-state index contributed by atoms with van der Waals surface area (Å²) in [5.41, 5.74) is 5.87. The first-order chi connectivity index (χ1) is 7.18. The van der Waals surface area contributed by atoms with Gasteiger partial charge in [-0.25, -0.2) is 0 Å². The summed E-state index contributed by atoms with van der Waals surface area (Å²) in [6.07, 6.45) is 8.66. The lowest BCUT2D eigenvalue weighted by molar-refractivity contribution is 0.649. The van der Waals surface area contributed by atoms with Crippen LogP contribution in [0.2, 0.25) is 0 Å². The Kier molecular flexibility index (Phi) is 2.95. The molecule has 0 heterocycles. The SMILES string of the molecule is Cc1cc(C)c(C2C=CCCC2)c(C)c1. The monoisotopic (exact) mass is 200 g/mol. The minimum absolute atomic E-state index is 0.666. The van der Waals surface area contributed by atoms with Crippen molar-refractivity contribution in [1.29, 1.82) is 0 Å². The Labute approximate surface area is 93.0 Å². The molecule has 2 rings (SSSR count). The second kappa shape index (κ2) is 4.22. The maximum Gasteiger partial charge on any atom is 0.00233 e. The maximum atomic E-state index is 2.40. The van der Waals surface area contributed by atoms with Crippen molar-refractivity contribution in [2.24, 2.45) is 0 Å². The van der Waals surface area contributed by atoms with E-state index in [2.05, 4.69) is 45.1 Å². The molecular weight excluding hydrogens is 180 g/mol. The lowest BCUT2D eigenvalue weighted by atomic mass is 9.84. The highest BCUT2D eigenvalue weighted by molar-refractivity contribution is 5.42. The molecule has 0 spiro atoms. The molecule has 0 radical (unpaired) electrons. The summed E-state index contributed by atoms with van der Waals surface area (Å²) in [6.45, 7) is 6.68. The summed E-state index contributed by atoms with van der Waals surface area (Å²) < 4.78 is 0. The summed E-state index contributed by atoms with van der Waals surface area (Å²) in [6, 6.07) is 4.62. The van der Waals surface area contributed by atoms with Gasteiger partial charge < -0.3 is 0 Å². The van der Waals surface area contributed by atoms with E-state index in [9.17, 15) is 0 Å². The van der Waals surface area contributed by atoms with Crippen molar-refractivity contribution in [3.8, 4) is 0 Å². The first kappa shape index (κ1) is 10.5. The van der Waals surface area contributed by atoms with Crippen molar-refractivity contribution >= 4 is 0 Å². The molecule has 0 N–H and O–H groups in total. The van der Waals surface area contributed by atoms with Crippen LogP contribution in [0.1, 0.15) is 47.4 Å². The van der Waals surface area contributed by atoms with Gasteiger partial charge in [0, 0.05) is 5.92 Å². The molecule has 0 amide bonds. The van der Waals surface area contributed by atoms with E-state index in [4.69, 9.17) is 0 Å². The first-order valence-corrected chi connectivity index (χ1v) is 5.93. The van der Waals surface area contributed by atoms with Gasteiger partial charge in [0.2, 0.25) is 0 Å². The third-order valence-corrected chi connectivity index (χ3v) is 3.36. The zero-order chi connectivity index (χ0) is 10.8. The first-order valence-electron chi connectivity index (χ1n) is 5.93. The van der Waals surface area contributed by atoms with Crippen LogP contribution in [0.15, 0.2) is 24.3 Å². The maximum absolute atomic E-state index is 2.40. The van der Waals surface area contributed by atoms with Crippen molar-refractivity contribution < 1.29 is 0 Å². The molecule has 0 nitrogen and oxygen atoms in total. The zero-order valence-electron chi connectivity index (χ0n) is 10.0. The largest absolute Gasteiger partial charge is 0.0879 e. The fourth-order valence-electron chi connectivity index (χ4n) is 2.83. The summed E-state index contributed by atoms with van der Waals surface area (Å²) in [5.74, 6) is 0.666. The standard InChI is InChI=1S/C15H20/c1-11-9-12(2)15(13(3)10-11)14-7-5-4-6-8-14/h5,7,9-10,14H,4,6,8H2,1-3H3. The minimum Gasteiger partial charge on any atom is -0.0879 e. The van der Waals surface area contributed by atoms with E-state index in [0.29, 0.717) is 5.92 Å². The summed E-state index contributed by atoms with van der Waals surface area (Å²) in [4.78, 5) is 0. The van der Waals surface area contributed by atoms with Crippen LogP contribution in [0.3, 0.4) is 0 Å². The Bertz CT molecular complexity index is 362. The quantitative estimate of drug-likeness (QED) is 0.588. The molecule has 1 aromatic rings. The lowest BCUT2D eigenvalue weighted by Gasteiger charge is -2.21. The van der Waals surface area contributed by atoms with E-state index >= 15 is 0 Å². The second-order valence-corrected chi connectivity index (χ2v) is 4.78. The second-order valence-electron chi connectivity index (χ2n) is 4.78. The molecule has 0 fully saturated rings. The molecule has 0 saturated carbocycles. The highest BCUT2D eigenvalue weighted by atomic mass is 14.2. The minimum atomic E-state index is 0.666. The molecule has 0 saturated heterocycles. The van der Waals surface area contributed by atoms with Gasteiger partial charge in [-0.15, -0.1) is 0 Å². The Morgan fingerprint density at radius 1 is 1.07 bits per heavy atom. The van der Waals surface area contributed by atoms with Crippen LogP contribution in [-0.4, -0.2) is 0 Å². The van der Waals surface area contributed by atoms with Crippen molar-refractivity contribution in [3.63, 3.8) is 0 Å². The summed E-state index contributed by atoms with van der Waals surface area (Å²) >= 11 is 0. The van der Waals surface area contributed by atoms with Gasteiger partial charge in [0.15, 0.2) is 0 Å². The Balaban J connectivity index is 2.42. The third kappa shape index (κ3) is 2.14. The number of rotatable bonds is 1. The van der Waals surface area contributed by atoms with Crippen molar-refractivity contribution in [2.45, 2.75) is 46.0 Å². The van der Waals surface area contributed by atoms with Crippen LogP contribution < -0.4 is 0 Å². The van der Waals surface area contributed by atoms with Crippen LogP contribution in [0, 0.1) is 20.8 Å². The highest BCUT2D eigenvalue weighted by Crippen LogP contribution is 2.32. The number of allylic oxidation sites excluding steroid dienone is 2. The third-order valence-electron chi connectivity index (χ3n) is 3.36. The van der Waals surface area contributed by atoms with Gasteiger partial charge >= 0.3 is 0 Å². The van der Waals surface area contributed by atoms with Gasteiger partial charge in [0.1, 0.15) is 0 Å². The average Bonchev–Trinajstić information content (AvgIpc) is 2.17. The molecule has 15 heavy (non-hydrogen) atoms. The molecule has 1 aliphatic rings. The van der Waals surface area contributed by atoms with E-state index in [1.54, 1.807) is 5.56 Å². The van der Waals surface area contributed by atoms with E-state index < -0.39 is 0 Å². The predicted octanol–water partition coefficient (Wildman–Crippen LogP) is 4.44. The van der Waals surface area contributed by atoms with Crippen molar-refractivity contribution in [3.05, 3.63) is 46.5 Å². The molecular formula is C15H20. The topological polar surface area (TPSA) is 0 Å². The van der Waals surface area contributed by atoms with Crippen LogP contribution in [0.25, 0.3) is 0 Å². The molecule has 1 atom stereocenters. The fraction of sp³-hybridized carbons (Fsp3) is 0.467. The van der Waals surface area contributed by atoms with E-state index in [0.717, 1.165) is 0 Å². The molecule has 0 aliphatic heterocycles. The Hall–Kier alpha value is -1.04. The Morgan fingerprint density at radius 2 is 1.73 bits per heavy atom. The van der Waals surface area contributed by atoms with Crippen LogP contribution in [-0.2, 0) is 0 Å². The number of benzene rings is 1. The summed E-state index contributed by atoms with van der Waals surface area (Å²) in [7, 11) is 0. The molecule has 0 aromatic heterocycles. The summed E-state index contributed by atoms with van der Waals surface area (Å²) in [5, 5.41) is 0. The van der Waals surface area contributed by atoms with Gasteiger partial charge in [-0.2, -0.15) is 0 Å². The number of hydrogen-bond acceptors (Lipinski definition) is 0. The van der Waals surface area contributed by atoms with E-state index in [1.807, 2.05) is 0 Å². The zero-order valence-corrected chi connectivity index (χ0v) is 10.0. The molecule has 1 aliphatic carbocycles. The fourth-order valence-corrected chi connectivity index (χ4v) is 2.83. The smallest absolute Gasteiger partial charge is 0.00233 e. The molecule has 1 aromatic carbocycles. The average molecular weight is 200 g/mol. The van der Waals surface area contributed by atoms with Crippen molar-refractivity contribution in [2.75, 3.05) is 0 Å². The molecule has 0 bridgehead atoms. The van der Waals surface area contributed by atoms with E-state index in [1.165, 1.54) is 36.0 Å².